The van der Waals surface area contributed by atoms with Crippen LogP contribution in [0.1, 0.15) is 33.1 Å². The minimum absolute atomic E-state index is 0.253. The van der Waals surface area contributed by atoms with Crippen LogP contribution in [0, 0.1) is 5.92 Å². The van der Waals surface area contributed by atoms with Gasteiger partial charge in [-0.3, -0.25) is 0 Å². The van der Waals surface area contributed by atoms with Crippen LogP contribution < -0.4 is 10.0 Å². The average Bonchev–Trinajstić information content (AvgIpc) is 2.84. The fraction of sp³-hybridized carbons (Fsp3) is 1.00. The summed E-state index contributed by atoms with van der Waals surface area (Å²) in [6, 6.07) is 0. The molecule has 2 N–H and O–H groups in total. The van der Waals surface area contributed by atoms with Crippen molar-refractivity contribution in [2.45, 2.75) is 33.1 Å². The highest BCUT2D eigenvalue weighted by molar-refractivity contribution is 7.89. The normalized spacial score (nSPS) is 21.1. The molecule has 0 aliphatic carbocycles. The monoisotopic (exact) mass is 291 g/mol. The van der Waals surface area contributed by atoms with Crippen molar-refractivity contribution < 1.29 is 8.42 Å². The maximum Gasteiger partial charge on any atom is 0.211 e. The molecular formula is C13H29N3O2S. The van der Waals surface area contributed by atoms with Gasteiger partial charge in [0.05, 0.1) is 5.75 Å². The predicted octanol–water partition coefficient (Wildman–Crippen LogP) is 0.637. The van der Waals surface area contributed by atoms with Gasteiger partial charge in [-0.25, -0.2) is 13.1 Å². The summed E-state index contributed by atoms with van der Waals surface area (Å²) in [5.74, 6) is 0.735. The first kappa shape index (κ1) is 16.9. The Hall–Kier alpha value is -0.170. The van der Waals surface area contributed by atoms with Crippen molar-refractivity contribution in [3.63, 3.8) is 0 Å². The molecule has 1 rings (SSSR count). The van der Waals surface area contributed by atoms with Crippen LogP contribution in [0.25, 0.3) is 0 Å². The van der Waals surface area contributed by atoms with Crippen molar-refractivity contribution in [3.05, 3.63) is 0 Å². The maximum absolute atomic E-state index is 11.8. The fourth-order valence-electron chi connectivity index (χ4n) is 2.40. The minimum atomic E-state index is -3.08. The van der Waals surface area contributed by atoms with Crippen molar-refractivity contribution >= 4 is 10.0 Å². The average molecular weight is 291 g/mol. The van der Waals surface area contributed by atoms with Gasteiger partial charge in [-0.1, -0.05) is 13.8 Å². The second-order valence-corrected chi connectivity index (χ2v) is 7.20. The van der Waals surface area contributed by atoms with Crippen LogP contribution >= 0.6 is 0 Å². The van der Waals surface area contributed by atoms with Crippen molar-refractivity contribution in [1.82, 2.24) is 14.9 Å². The van der Waals surface area contributed by atoms with Gasteiger partial charge in [0.25, 0.3) is 0 Å². The third-order valence-corrected chi connectivity index (χ3v) is 5.11. The number of sulfonamides is 1. The molecule has 0 spiro atoms. The van der Waals surface area contributed by atoms with E-state index in [0.717, 1.165) is 52.0 Å². The highest BCUT2D eigenvalue weighted by Crippen LogP contribution is 2.14. The molecular weight excluding hydrogens is 262 g/mol. The zero-order chi connectivity index (χ0) is 14.1. The fourth-order valence-corrected chi connectivity index (χ4v) is 3.62. The second-order valence-electron chi connectivity index (χ2n) is 5.28. The van der Waals surface area contributed by atoms with E-state index in [1.165, 1.54) is 0 Å². The van der Waals surface area contributed by atoms with E-state index in [2.05, 4.69) is 28.8 Å². The second kappa shape index (κ2) is 8.89. The number of unbranched alkanes of at least 4 members (excludes halogenated alkanes) is 1. The molecule has 0 saturated carbocycles. The van der Waals surface area contributed by atoms with Crippen LogP contribution in [-0.2, 0) is 10.0 Å². The molecule has 0 aromatic heterocycles. The van der Waals surface area contributed by atoms with Crippen LogP contribution in [0.3, 0.4) is 0 Å². The molecule has 0 bridgehead atoms. The van der Waals surface area contributed by atoms with Crippen LogP contribution in [0.15, 0.2) is 0 Å². The van der Waals surface area contributed by atoms with Gasteiger partial charge >= 0.3 is 0 Å². The Bertz CT molecular complexity index is 333. The highest BCUT2D eigenvalue weighted by atomic mass is 32.2. The van der Waals surface area contributed by atoms with Gasteiger partial charge in [0, 0.05) is 13.1 Å². The summed E-state index contributed by atoms with van der Waals surface area (Å²) in [4.78, 5) is 2.37. The highest BCUT2D eigenvalue weighted by Gasteiger charge is 2.22. The summed E-state index contributed by atoms with van der Waals surface area (Å²) >= 11 is 0. The first-order valence-corrected chi connectivity index (χ1v) is 9.13. The molecule has 5 nitrogen and oxygen atoms in total. The van der Waals surface area contributed by atoms with E-state index in [-0.39, 0.29) is 5.75 Å². The van der Waals surface area contributed by atoms with Crippen LogP contribution in [-0.4, -0.2) is 58.3 Å². The van der Waals surface area contributed by atoms with Gasteiger partial charge in [0.2, 0.25) is 10.0 Å². The number of hydrogen-bond acceptors (Lipinski definition) is 4. The topological polar surface area (TPSA) is 61.4 Å². The van der Waals surface area contributed by atoms with E-state index >= 15 is 0 Å². The smallest absolute Gasteiger partial charge is 0.211 e. The van der Waals surface area contributed by atoms with Crippen LogP contribution in [0.4, 0.5) is 0 Å². The van der Waals surface area contributed by atoms with E-state index in [0.29, 0.717) is 12.5 Å². The standard InChI is InChI=1S/C13H29N3O2S/c1-3-14-8-5-6-10-19(17,18)15-11-13-7-9-16(4-2)12-13/h13-15H,3-12H2,1-2H3. The Labute approximate surface area is 118 Å². The van der Waals surface area contributed by atoms with Crippen LogP contribution in [0.2, 0.25) is 0 Å². The van der Waals surface area contributed by atoms with Crippen molar-refractivity contribution in [2.75, 3.05) is 45.0 Å². The number of nitrogens with zero attached hydrogens (tertiary/aromatic N) is 1. The summed E-state index contributed by atoms with van der Waals surface area (Å²) in [6.07, 6.45) is 2.76. The molecule has 0 radical (unpaired) electrons. The van der Waals surface area contributed by atoms with Gasteiger partial charge < -0.3 is 10.2 Å². The molecule has 1 aliphatic heterocycles. The minimum Gasteiger partial charge on any atom is -0.317 e. The largest absolute Gasteiger partial charge is 0.317 e. The molecule has 1 atom stereocenters. The number of hydrogen-bond donors (Lipinski definition) is 2. The van der Waals surface area contributed by atoms with Crippen LogP contribution in [0.5, 0.6) is 0 Å². The van der Waals surface area contributed by atoms with Gasteiger partial charge in [-0.05, 0) is 51.4 Å². The Kier molecular flexibility index (Phi) is 7.90. The summed E-state index contributed by atoms with van der Waals surface area (Å²) in [7, 11) is -3.08. The molecule has 0 aromatic carbocycles. The van der Waals surface area contributed by atoms with Gasteiger partial charge in [-0.2, -0.15) is 0 Å². The van der Waals surface area contributed by atoms with Crippen molar-refractivity contribution in [3.8, 4) is 0 Å². The molecule has 1 fully saturated rings. The van der Waals surface area contributed by atoms with E-state index < -0.39 is 10.0 Å². The molecule has 1 saturated heterocycles. The molecule has 1 unspecified atom stereocenters. The maximum atomic E-state index is 11.8. The Balaban J connectivity index is 2.13. The lowest BCUT2D eigenvalue weighted by Crippen LogP contribution is -2.32. The first-order chi connectivity index (χ1) is 9.07. The molecule has 1 heterocycles. The van der Waals surface area contributed by atoms with E-state index in [1.54, 1.807) is 0 Å². The summed E-state index contributed by atoms with van der Waals surface area (Å²) in [6.45, 7) is 9.85. The third-order valence-electron chi connectivity index (χ3n) is 3.68. The van der Waals surface area contributed by atoms with Gasteiger partial charge in [0.1, 0.15) is 0 Å². The van der Waals surface area contributed by atoms with E-state index in [4.69, 9.17) is 0 Å². The third kappa shape index (κ3) is 7.25. The van der Waals surface area contributed by atoms with E-state index in [9.17, 15) is 8.42 Å². The lowest BCUT2D eigenvalue weighted by Gasteiger charge is -2.14. The van der Waals surface area contributed by atoms with E-state index in [1.807, 2.05) is 0 Å². The van der Waals surface area contributed by atoms with Gasteiger partial charge in [-0.15, -0.1) is 0 Å². The zero-order valence-electron chi connectivity index (χ0n) is 12.3. The number of nitrogens with one attached hydrogen (secondary N) is 2. The molecule has 6 heteroatoms. The summed E-state index contributed by atoms with van der Waals surface area (Å²) in [5.41, 5.74) is 0. The lowest BCUT2D eigenvalue weighted by atomic mass is 10.1. The van der Waals surface area contributed by atoms with Gasteiger partial charge in [0.15, 0.2) is 0 Å². The lowest BCUT2D eigenvalue weighted by molar-refractivity contribution is 0.342. The molecule has 1 aliphatic rings. The summed E-state index contributed by atoms with van der Waals surface area (Å²) < 4.78 is 26.4. The Morgan fingerprint density at radius 1 is 1.26 bits per heavy atom. The van der Waals surface area contributed by atoms with Crippen molar-refractivity contribution in [1.29, 1.82) is 0 Å². The Morgan fingerprint density at radius 3 is 2.68 bits per heavy atom. The molecule has 0 aromatic rings. The first-order valence-electron chi connectivity index (χ1n) is 7.47. The summed E-state index contributed by atoms with van der Waals surface area (Å²) in [5, 5.41) is 3.20. The number of likely N-dealkylation sites (tertiary alicyclic amines) is 1. The Morgan fingerprint density at radius 2 is 2.05 bits per heavy atom. The molecule has 114 valence electrons. The predicted molar refractivity (Wildman–Crippen MR) is 79.8 cm³/mol. The quantitative estimate of drug-likeness (QED) is 0.580. The zero-order valence-corrected chi connectivity index (χ0v) is 13.1. The number of rotatable bonds is 10. The molecule has 19 heavy (non-hydrogen) atoms. The molecule has 0 amide bonds. The SMILES string of the molecule is CCNCCCCS(=O)(=O)NCC1CCN(CC)C1. The van der Waals surface area contributed by atoms with Crippen molar-refractivity contribution in [2.24, 2.45) is 5.92 Å².